The van der Waals surface area contributed by atoms with Crippen LogP contribution < -0.4 is 64.2 Å². The van der Waals surface area contributed by atoms with E-state index in [-0.39, 0.29) is 71.0 Å². The molecular weight excluding hydrogens is 422 g/mol. The Kier molecular flexibility index (Phi) is 33.0. The minimum atomic E-state index is -0.895. The Balaban J connectivity index is -0.00000420. The van der Waals surface area contributed by atoms with E-state index in [4.69, 9.17) is 0 Å². The van der Waals surface area contributed by atoms with Gasteiger partial charge in [-0.1, -0.05) is 117 Å². The maximum Gasteiger partial charge on any atom is 1.00 e. The second-order valence-corrected chi connectivity index (χ2v) is 9.16. The van der Waals surface area contributed by atoms with Gasteiger partial charge in [0.15, 0.2) is 0 Å². The van der Waals surface area contributed by atoms with E-state index in [1.165, 1.54) is 51.4 Å². The number of rotatable bonds is 23. The molecule has 1 N–H and O–H groups in total. The maximum atomic E-state index is 11.5. The van der Waals surface area contributed by atoms with Crippen molar-refractivity contribution in [3.8, 4) is 0 Å². The van der Waals surface area contributed by atoms with Gasteiger partial charge >= 0.3 is 65.1 Å². The normalized spacial score (nSPS) is 12.4. The van der Waals surface area contributed by atoms with E-state index in [9.17, 15) is 19.8 Å². The smallest absolute Gasteiger partial charge is 0.550 e. The summed E-state index contributed by atoms with van der Waals surface area (Å²) in [5, 5.41) is 20.8. The summed E-state index contributed by atoms with van der Waals surface area (Å²) in [6.45, 7) is 4.40. The molecule has 0 bridgehead atoms. The van der Waals surface area contributed by atoms with Crippen LogP contribution in [0.3, 0.4) is 0 Å². The van der Waals surface area contributed by atoms with Gasteiger partial charge in [0, 0.05) is 5.97 Å². The first-order chi connectivity index (χ1) is 14.5. The fraction of sp³-hybridized carbons (Fsp3) is 0.923. The molecule has 2 unspecified atom stereocenters. The fourth-order valence-electron chi connectivity index (χ4n) is 4.25. The van der Waals surface area contributed by atoms with Gasteiger partial charge < -0.3 is 15.0 Å². The number of carbonyl (C=O) groups excluding carboxylic acids is 1. The Hall–Kier alpha value is 0.940. The third-order valence-corrected chi connectivity index (χ3v) is 6.35. The van der Waals surface area contributed by atoms with Crippen molar-refractivity contribution < 1.29 is 78.9 Å². The van der Waals surface area contributed by atoms with Gasteiger partial charge in [-0.25, -0.2) is 0 Å². The molecule has 0 saturated heterocycles. The Morgan fingerprint density at radius 1 is 0.562 bits per heavy atom. The molecule has 0 aliphatic rings. The van der Waals surface area contributed by atoms with Crippen LogP contribution >= 0.6 is 0 Å². The van der Waals surface area contributed by atoms with E-state index in [1.807, 2.05) is 0 Å². The molecule has 0 amide bonds. The Labute approximate surface area is 243 Å². The van der Waals surface area contributed by atoms with Crippen molar-refractivity contribution in [1.29, 1.82) is 0 Å². The van der Waals surface area contributed by atoms with Crippen LogP contribution in [0.1, 0.15) is 142 Å². The van der Waals surface area contributed by atoms with Crippen LogP contribution in [0.25, 0.3) is 0 Å². The van der Waals surface area contributed by atoms with E-state index in [0.29, 0.717) is 6.42 Å². The first-order valence-corrected chi connectivity index (χ1v) is 13.0. The van der Waals surface area contributed by atoms with Gasteiger partial charge in [0.05, 0.1) is 5.92 Å². The van der Waals surface area contributed by atoms with E-state index < -0.39 is 11.9 Å². The number of carboxylic acid groups (broad SMARTS) is 2. The van der Waals surface area contributed by atoms with Gasteiger partial charge in [-0.2, -0.15) is 0 Å². The molecule has 0 heterocycles. The second kappa shape index (κ2) is 28.2. The minimum absolute atomic E-state index is 0. The average Bonchev–Trinajstić information content (AvgIpc) is 2.71. The summed E-state index contributed by atoms with van der Waals surface area (Å²) in [4.78, 5) is 22.8. The monoisotopic (exact) mass is 471 g/mol. The second-order valence-electron chi connectivity index (χ2n) is 9.16. The first kappa shape index (κ1) is 37.5. The van der Waals surface area contributed by atoms with E-state index >= 15 is 0 Å². The molecule has 32 heavy (non-hydrogen) atoms. The van der Waals surface area contributed by atoms with Crippen LogP contribution in [0, 0.1) is 11.8 Å². The average molecular weight is 472 g/mol. The van der Waals surface area contributed by atoms with Crippen molar-refractivity contribution in [2.24, 2.45) is 11.8 Å². The van der Waals surface area contributed by atoms with Crippen LogP contribution in [0.15, 0.2) is 0 Å². The number of hydrogen-bond donors (Lipinski definition) is 1. The number of carboxylic acids is 2. The Bertz CT molecular complexity index is 381. The molecule has 0 aromatic carbocycles. The molecule has 2 atom stereocenters. The van der Waals surface area contributed by atoms with Crippen molar-refractivity contribution in [3.63, 3.8) is 0 Å². The summed E-state index contributed by atoms with van der Waals surface area (Å²) in [6, 6.07) is 0. The summed E-state index contributed by atoms with van der Waals surface area (Å²) < 4.78 is 0. The van der Waals surface area contributed by atoms with Gasteiger partial charge in [-0.05, 0) is 31.6 Å². The van der Waals surface area contributed by atoms with Crippen LogP contribution in [0.2, 0.25) is 0 Å². The SMILES string of the molecule is CCCCCCCCC(CCCCCCC(CCCCCCCC)C(=O)O)C(=O)[O-].[Na+].[Na+]. The fourth-order valence-corrected chi connectivity index (χ4v) is 4.25. The summed E-state index contributed by atoms with van der Waals surface area (Å²) in [6.07, 6.45) is 21.1. The molecule has 178 valence electrons. The zero-order valence-electron chi connectivity index (χ0n) is 22.0. The molecule has 0 aromatic rings. The maximum absolute atomic E-state index is 11.5. The minimum Gasteiger partial charge on any atom is -0.550 e. The van der Waals surface area contributed by atoms with E-state index in [1.54, 1.807) is 0 Å². The Morgan fingerprint density at radius 3 is 1.12 bits per heavy atom. The number of aliphatic carboxylic acids is 2. The predicted octanol–water partition coefficient (Wildman–Crippen LogP) is 0.903. The number of hydrogen-bond acceptors (Lipinski definition) is 3. The standard InChI is InChI=1S/C26H50O4.2Na/c1-3-5-7-9-11-15-19-23(25(27)28)21-17-13-14-18-22-24(26(29)30)20-16-12-10-8-6-4-2;;/h23-24H,3-22H2,1-2H3,(H,27,28)(H,29,30);;/q;2*+1/p-1. The molecule has 0 aliphatic carbocycles. The van der Waals surface area contributed by atoms with Crippen molar-refractivity contribution in [2.45, 2.75) is 142 Å². The van der Waals surface area contributed by atoms with E-state index in [0.717, 1.165) is 70.6 Å². The van der Waals surface area contributed by atoms with Gasteiger partial charge in [-0.3, -0.25) is 4.79 Å². The molecule has 0 aliphatic heterocycles. The van der Waals surface area contributed by atoms with Crippen LogP contribution in [-0.4, -0.2) is 17.0 Å². The molecular formula is C26H49Na2O4+. The third-order valence-electron chi connectivity index (χ3n) is 6.35. The molecule has 0 fully saturated rings. The molecule has 0 spiro atoms. The van der Waals surface area contributed by atoms with Crippen molar-refractivity contribution in [2.75, 3.05) is 0 Å². The zero-order valence-corrected chi connectivity index (χ0v) is 26.0. The molecule has 0 aromatic heterocycles. The predicted molar refractivity (Wildman–Crippen MR) is 123 cm³/mol. The van der Waals surface area contributed by atoms with Gasteiger partial charge in [0.2, 0.25) is 0 Å². The van der Waals surface area contributed by atoms with Crippen molar-refractivity contribution >= 4 is 11.9 Å². The number of unbranched alkanes of at least 4 members (excludes halogenated alkanes) is 13. The largest absolute Gasteiger partial charge is 1.00 e. The van der Waals surface area contributed by atoms with Gasteiger partial charge in [0.1, 0.15) is 0 Å². The number of carbonyl (C=O) groups is 2. The van der Waals surface area contributed by atoms with Crippen molar-refractivity contribution in [3.05, 3.63) is 0 Å². The molecule has 0 radical (unpaired) electrons. The third kappa shape index (κ3) is 24.1. The topological polar surface area (TPSA) is 77.4 Å². The summed E-state index contributed by atoms with van der Waals surface area (Å²) in [7, 11) is 0. The summed E-state index contributed by atoms with van der Waals surface area (Å²) in [5.74, 6) is -2.07. The van der Waals surface area contributed by atoms with Crippen LogP contribution in [0.4, 0.5) is 0 Å². The van der Waals surface area contributed by atoms with Crippen molar-refractivity contribution in [1.82, 2.24) is 0 Å². The summed E-state index contributed by atoms with van der Waals surface area (Å²) >= 11 is 0. The first-order valence-electron chi connectivity index (χ1n) is 13.0. The molecule has 0 rings (SSSR count). The Morgan fingerprint density at radius 2 is 0.844 bits per heavy atom. The molecule has 6 heteroatoms. The molecule has 0 saturated carbocycles. The van der Waals surface area contributed by atoms with Gasteiger partial charge in [0.25, 0.3) is 0 Å². The van der Waals surface area contributed by atoms with E-state index in [2.05, 4.69) is 13.8 Å². The van der Waals surface area contributed by atoms with Crippen LogP contribution in [-0.2, 0) is 9.59 Å². The quantitative estimate of drug-likeness (QED) is 0.177. The zero-order chi connectivity index (χ0) is 22.5. The van der Waals surface area contributed by atoms with Gasteiger partial charge in [-0.15, -0.1) is 0 Å². The summed E-state index contributed by atoms with van der Waals surface area (Å²) in [5.41, 5.74) is 0. The molecule has 4 nitrogen and oxygen atoms in total. The van der Waals surface area contributed by atoms with Crippen LogP contribution in [0.5, 0.6) is 0 Å².